The number of nitrogens with one attached hydrogen (secondary N) is 6. The molecule has 1 unspecified atom stereocenters. The third kappa shape index (κ3) is 11.7. The molecule has 8 atom stereocenters. The van der Waals surface area contributed by atoms with E-state index in [0.717, 1.165) is 49.7 Å². The van der Waals surface area contributed by atoms with Crippen LogP contribution < -0.4 is 31.9 Å². The molecule has 2 fully saturated rings. The molecule has 0 spiro atoms. The molecular formula is C49H64N8O6. The topological polar surface area (TPSA) is 181 Å². The van der Waals surface area contributed by atoms with Crippen molar-refractivity contribution < 1.29 is 28.8 Å². The molecular weight excluding hydrogens is 797 g/mol. The molecule has 2 aromatic carbocycles. The number of fused-ring (bicyclic) bond motifs is 2. The molecule has 2 aromatic rings. The summed E-state index contributed by atoms with van der Waals surface area (Å²) < 4.78 is 0. The molecule has 14 nitrogen and oxygen atoms in total. The minimum Gasteiger partial charge on any atom is -0.347 e. The number of rotatable bonds is 15. The Bertz CT molecular complexity index is 2120. The minimum absolute atomic E-state index is 0.0605. The highest BCUT2D eigenvalue weighted by Gasteiger charge is 2.40. The largest absolute Gasteiger partial charge is 0.347 e. The molecule has 0 radical (unpaired) electrons. The Morgan fingerprint density at radius 2 is 1.08 bits per heavy atom. The second-order valence-corrected chi connectivity index (χ2v) is 17.1. The summed E-state index contributed by atoms with van der Waals surface area (Å²) in [5, 5.41) is 18.0. The average Bonchev–Trinajstić information content (AvgIpc) is 4.01. The molecule has 6 amide bonds. The molecule has 14 heteroatoms. The molecule has 2 heterocycles. The Hall–Kier alpha value is -5.70. The zero-order valence-electron chi connectivity index (χ0n) is 37.2. The molecule has 4 aliphatic rings. The summed E-state index contributed by atoms with van der Waals surface area (Å²) in [5.41, 5.74) is 4.68. The van der Waals surface area contributed by atoms with Crippen molar-refractivity contribution in [3.63, 3.8) is 0 Å². The maximum absolute atomic E-state index is 14.2. The Balaban J connectivity index is 1.13. The number of carbonyl (C=O) groups excluding carboxylic acids is 6. The number of likely N-dealkylation sites (tertiary alicyclic amines) is 2. The Morgan fingerprint density at radius 1 is 0.619 bits per heavy atom. The monoisotopic (exact) mass is 860 g/mol. The summed E-state index contributed by atoms with van der Waals surface area (Å²) in [6.45, 7) is 4.31. The number of carbonyl (C=O) groups is 6. The van der Waals surface area contributed by atoms with E-state index in [9.17, 15) is 28.8 Å². The van der Waals surface area contributed by atoms with Gasteiger partial charge in [0.05, 0.1) is 24.2 Å². The Morgan fingerprint density at radius 3 is 1.52 bits per heavy atom. The van der Waals surface area contributed by atoms with Crippen molar-refractivity contribution in [1.29, 1.82) is 0 Å². The third-order valence-corrected chi connectivity index (χ3v) is 13.0. The van der Waals surface area contributed by atoms with Gasteiger partial charge in [-0.25, -0.2) is 0 Å². The normalized spacial score (nSPS) is 22.0. The summed E-state index contributed by atoms with van der Waals surface area (Å²) >= 11 is 0. The number of nitrogens with zero attached hydrogens (tertiary/aromatic N) is 2. The van der Waals surface area contributed by atoms with E-state index in [2.05, 4.69) is 73.8 Å². The molecule has 0 aromatic heterocycles. The zero-order valence-corrected chi connectivity index (χ0v) is 37.2. The third-order valence-electron chi connectivity index (χ3n) is 13.0. The fraction of sp³-hybridized carbons (Fsp3) is 0.551. The molecule has 6 N–H and O–H groups in total. The van der Waals surface area contributed by atoms with E-state index < -0.39 is 42.2 Å². The van der Waals surface area contributed by atoms with Crippen LogP contribution in [0.4, 0.5) is 0 Å². The predicted molar refractivity (Wildman–Crippen MR) is 240 cm³/mol. The highest BCUT2D eigenvalue weighted by atomic mass is 16.2. The van der Waals surface area contributed by atoms with Gasteiger partial charge in [0.15, 0.2) is 0 Å². The van der Waals surface area contributed by atoms with Crippen LogP contribution in [-0.2, 0) is 41.6 Å². The smallest absolute Gasteiger partial charge is 0.246 e. The van der Waals surface area contributed by atoms with Crippen molar-refractivity contribution in [3.8, 4) is 23.7 Å². The number of likely N-dealkylation sites (N-methyl/N-ethyl adjacent to an activating group) is 2. The van der Waals surface area contributed by atoms with E-state index in [4.69, 9.17) is 0 Å². The lowest BCUT2D eigenvalue weighted by Gasteiger charge is -2.31. The van der Waals surface area contributed by atoms with Crippen LogP contribution in [0.1, 0.15) is 119 Å². The first-order chi connectivity index (χ1) is 30.5. The zero-order chi connectivity index (χ0) is 44.9. The van der Waals surface area contributed by atoms with Crippen molar-refractivity contribution in [1.82, 2.24) is 41.7 Å². The van der Waals surface area contributed by atoms with Gasteiger partial charge in [-0.3, -0.25) is 28.8 Å². The van der Waals surface area contributed by atoms with Crippen LogP contribution in [0.5, 0.6) is 0 Å². The molecule has 63 heavy (non-hydrogen) atoms. The van der Waals surface area contributed by atoms with E-state index in [0.29, 0.717) is 45.2 Å². The molecule has 2 aliphatic carbocycles. The van der Waals surface area contributed by atoms with Gasteiger partial charge in [-0.05, 0) is 126 Å². The molecule has 0 saturated carbocycles. The first-order valence-electron chi connectivity index (χ1n) is 22.8. The SMILES string of the molecule is CC[C@H](NC)C(=O)N[C@@H](CC#CC#CC[C@H](NC(=O)[C@H](C)NC)C(=O)N1CCC[C@H]1C(=O)N[C@@H]1CCCc2ccccc21)C(=O)N1CCC[C@H]1C(=O)NC1CCCc2ccccc21. The van der Waals surface area contributed by atoms with Gasteiger partial charge >= 0.3 is 0 Å². The lowest BCUT2D eigenvalue weighted by molar-refractivity contribution is -0.141. The predicted octanol–water partition coefficient (Wildman–Crippen LogP) is 2.72. The van der Waals surface area contributed by atoms with Gasteiger partial charge in [0.1, 0.15) is 24.2 Å². The number of amides is 6. The van der Waals surface area contributed by atoms with Gasteiger partial charge in [0, 0.05) is 25.9 Å². The number of hydrogen-bond donors (Lipinski definition) is 6. The van der Waals surface area contributed by atoms with Crippen LogP contribution in [0, 0.1) is 23.7 Å². The van der Waals surface area contributed by atoms with Crippen LogP contribution in [0.2, 0.25) is 0 Å². The first kappa shape index (κ1) is 46.8. The van der Waals surface area contributed by atoms with Crippen LogP contribution in [0.15, 0.2) is 48.5 Å². The summed E-state index contributed by atoms with van der Waals surface area (Å²) in [4.78, 5) is 85.4. The first-order valence-corrected chi connectivity index (χ1v) is 22.8. The van der Waals surface area contributed by atoms with Gasteiger partial charge in [-0.15, -0.1) is 0 Å². The van der Waals surface area contributed by atoms with E-state index >= 15 is 0 Å². The van der Waals surface area contributed by atoms with Gasteiger partial charge in [0.25, 0.3) is 0 Å². The van der Waals surface area contributed by atoms with Crippen molar-refractivity contribution >= 4 is 35.4 Å². The highest BCUT2D eigenvalue weighted by Crippen LogP contribution is 2.32. The van der Waals surface area contributed by atoms with Crippen LogP contribution in [0.25, 0.3) is 0 Å². The lowest BCUT2D eigenvalue weighted by Crippen LogP contribution is -2.56. The van der Waals surface area contributed by atoms with Crippen molar-refractivity contribution in [2.24, 2.45) is 0 Å². The fourth-order valence-electron chi connectivity index (χ4n) is 9.37. The Kier molecular flexibility index (Phi) is 16.8. The second-order valence-electron chi connectivity index (χ2n) is 17.1. The molecule has 0 bridgehead atoms. The van der Waals surface area contributed by atoms with Gasteiger partial charge in [-0.1, -0.05) is 67.3 Å². The molecule has 6 rings (SSSR count). The van der Waals surface area contributed by atoms with Crippen molar-refractivity contribution in [2.45, 2.75) is 146 Å². The quantitative estimate of drug-likeness (QED) is 0.148. The summed E-state index contributed by atoms with van der Waals surface area (Å²) in [5.74, 6) is 9.48. The number of benzene rings is 2. The van der Waals surface area contributed by atoms with Crippen molar-refractivity contribution in [3.05, 3.63) is 70.8 Å². The molecule has 2 aliphatic heterocycles. The van der Waals surface area contributed by atoms with Gasteiger partial charge in [-0.2, -0.15) is 0 Å². The minimum atomic E-state index is -1.03. The number of hydrogen-bond acceptors (Lipinski definition) is 8. The van der Waals surface area contributed by atoms with E-state index in [1.54, 1.807) is 30.8 Å². The van der Waals surface area contributed by atoms with Gasteiger partial charge in [0.2, 0.25) is 35.4 Å². The van der Waals surface area contributed by atoms with Crippen LogP contribution in [-0.4, -0.2) is 109 Å². The molecule has 2 saturated heterocycles. The Labute approximate surface area is 372 Å². The molecule has 336 valence electrons. The average molecular weight is 861 g/mol. The maximum atomic E-state index is 14.2. The second kappa shape index (κ2) is 22.6. The van der Waals surface area contributed by atoms with Crippen LogP contribution >= 0.6 is 0 Å². The lowest BCUT2D eigenvalue weighted by atomic mass is 9.87. The van der Waals surface area contributed by atoms with E-state index in [-0.39, 0.29) is 54.5 Å². The summed E-state index contributed by atoms with van der Waals surface area (Å²) in [6, 6.07) is 11.5. The fourth-order valence-corrected chi connectivity index (χ4v) is 9.37. The van der Waals surface area contributed by atoms with Crippen molar-refractivity contribution in [2.75, 3.05) is 27.2 Å². The number of aryl methyl sites for hydroxylation is 2. The summed E-state index contributed by atoms with van der Waals surface area (Å²) in [6.07, 6.45) is 8.21. The van der Waals surface area contributed by atoms with Gasteiger partial charge < -0.3 is 41.7 Å². The summed E-state index contributed by atoms with van der Waals surface area (Å²) in [7, 11) is 3.33. The maximum Gasteiger partial charge on any atom is 0.246 e. The highest BCUT2D eigenvalue weighted by molar-refractivity contribution is 5.95. The standard InChI is InChI=1S/C49H64N8O6/c1-5-37(51-4)45(59)55-41(49(63)57-31-17-29-43(57)47(61)53-39-27-15-21-34-19-11-13-23-36(34)39)25-9-7-6-8-24-40(54-44(58)32(2)50-3)48(62)56-30-16-28-42(56)46(60)52-38-26-14-20-33-18-10-12-22-35(33)38/h10-13,18-19,22-23,32,37-43,50-51H,5,14-17,20-21,24-31H2,1-4H3,(H,52,60)(H,53,61)(H,54,58)(H,55,59)/t32-,37-,38+,39?,40-,41-,42-,43-/m0/s1. The van der Waals surface area contributed by atoms with E-state index in [1.807, 2.05) is 37.3 Å². The van der Waals surface area contributed by atoms with Crippen LogP contribution in [0.3, 0.4) is 0 Å². The van der Waals surface area contributed by atoms with E-state index in [1.165, 1.54) is 11.1 Å².